The van der Waals surface area contributed by atoms with Crippen molar-refractivity contribution in [2.75, 3.05) is 41.7 Å². The van der Waals surface area contributed by atoms with Gasteiger partial charge in [0.15, 0.2) is 0 Å². The summed E-state index contributed by atoms with van der Waals surface area (Å²) in [6.07, 6.45) is 5.80. The minimum absolute atomic E-state index is 0.0538. The average Bonchev–Trinajstić information content (AvgIpc) is 3.17. The second-order valence-electron chi connectivity index (χ2n) is 8.67. The number of nitrogens with two attached hydrogens (primary N) is 1. The Morgan fingerprint density at radius 2 is 1.65 bits per heavy atom. The zero-order chi connectivity index (χ0) is 22.0. The van der Waals surface area contributed by atoms with Gasteiger partial charge in [0.25, 0.3) is 11.6 Å². The maximum atomic E-state index is 12.0. The van der Waals surface area contributed by atoms with Crippen LogP contribution in [0.5, 0.6) is 0 Å². The second kappa shape index (κ2) is 8.86. The Morgan fingerprint density at radius 3 is 2.16 bits per heavy atom. The van der Waals surface area contributed by atoms with E-state index in [1.807, 2.05) is 6.07 Å². The lowest BCUT2D eigenvalue weighted by molar-refractivity contribution is -0.384. The van der Waals surface area contributed by atoms with Crippen LogP contribution in [0.4, 0.5) is 23.0 Å². The molecule has 4 rings (SSSR count). The molecule has 0 bridgehead atoms. The smallest absolute Gasteiger partial charge is 0.293 e. The third kappa shape index (κ3) is 4.59. The number of nitrogens with zero attached hydrogens (tertiary/aromatic N) is 8. The number of benzene rings is 1. The van der Waals surface area contributed by atoms with Gasteiger partial charge >= 0.3 is 0 Å². The molecule has 0 atom stereocenters. The fourth-order valence-electron chi connectivity index (χ4n) is 4.25. The largest absolute Gasteiger partial charge is 0.371 e. The molecule has 0 radical (unpaired) electrons. The van der Waals surface area contributed by atoms with Crippen molar-refractivity contribution in [3.8, 4) is 0 Å². The first-order valence-corrected chi connectivity index (χ1v) is 10.8. The number of aromatic nitrogens is 4. The molecule has 0 amide bonds. The van der Waals surface area contributed by atoms with Gasteiger partial charge < -0.3 is 15.5 Å². The fraction of sp³-hybridized carbons (Fsp3) is 0.600. The van der Waals surface area contributed by atoms with Crippen LogP contribution in [-0.4, -0.2) is 57.6 Å². The van der Waals surface area contributed by atoms with E-state index in [0.29, 0.717) is 23.1 Å². The lowest BCUT2D eigenvalue weighted by atomic mass is 9.96. The molecule has 31 heavy (non-hydrogen) atoms. The Balaban J connectivity index is 1.76. The van der Waals surface area contributed by atoms with Crippen molar-refractivity contribution >= 4 is 29.2 Å². The number of piperidine rings is 2. The van der Waals surface area contributed by atoms with Crippen molar-refractivity contribution in [2.24, 2.45) is 16.9 Å². The first-order chi connectivity index (χ1) is 14.9. The number of hydrogen-bond donors (Lipinski definition) is 1. The standard InChI is InChI=1S/C20H29N9O2/c1-14-3-7-26(8-4-14)17-12-18(27-9-5-15(2)6-10-27)19(29(30)31)11-16(17)13-22-28-20(21)23-24-25-28/h11-15H,3-10H2,1-2H3,(H2,21,23,25). The van der Waals surface area contributed by atoms with E-state index < -0.39 is 0 Å². The van der Waals surface area contributed by atoms with Crippen LogP contribution in [0.1, 0.15) is 45.1 Å². The maximum Gasteiger partial charge on any atom is 0.293 e. The van der Waals surface area contributed by atoms with Crippen LogP contribution in [0.25, 0.3) is 0 Å². The molecule has 0 spiro atoms. The highest BCUT2D eigenvalue weighted by Gasteiger charge is 2.27. The zero-order valence-electron chi connectivity index (χ0n) is 18.0. The van der Waals surface area contributed by atoms with Crippen LogP contribution in [0.15, 0.2) is 17.2 Å². The van der Waals surface area contributed by atoms with Gasteiger partial charge in [-0.1, -0.05) is 23.7 Å². The topological polar surface area (TPSA) is 132 Å². The maximum absolute atomic E-state index is 12.0. The van der Waals surface area contributed by atoms with Crippen molar-refractivity contribution in [1.82, 2.24) is 20.3 Å². The highest BCUT2D eigenvalue weighted by Crippen LogP contribution is 2.38. The van der Waals surface area contributed by atoms with E-state index in [2.05, 4.69) is 44.3 Å². The van der Waals surface area contributed by atoms with E-state index in [4.69, 9.17) is 5.73 Å². The molecule has 11 heteroatoms. The second-order valence-corrected chi connectivity index (χ2v) is 8.67. The van der Waals surface area contributed by atoms with Gasteiger partial charge in [-0.25, -0.2) is 0 Å². The minimum atomic E-state index is -0.307. The predicted octanol–water partition coefficient (Wildman–Crippen LogP) is 2.52. The van der Waals surface area contributed by atoms with Crippen LogP contribution < -0.4 is 15.5 Å². The number of rotatable bonds is 5. The molecule has 2 aliphatic rings. The minimum Gasteiger partial charge on any atom is -0.371 e. The molecule has 166 valence electrons. The lowest BCUT2D eigenvalue weighted by Crippen LogP contribution is -2.35. The van der Waals surface area contributed by atoms with Crippen molar-refractivity contribution in [2.45, 2.75) is 39.5 Å². The van der Waals surface area contributed by atoms with Gasteiger partial charge in [0, 0.05) is 43.5 Å². The van der Waals surface area contributed by atoms with Crippen molar-refractivity contribution in [3.05, 3.63) is 27.8 Å². The SMILES string of the molecule is CC1CCN(c2cc(N3CCC(C)CC3)c([N+](=O)[O-])cc2C=Nn2nnnc2N)CC1. The fourth-order valence-corrected chi connectivity index (χ4v) is 4.25. The molecule has 0 saturated carbocycles. The van der Waals surface area contributed by atoms with Crippen LogP contribution in [-0.2, 0) is 0 Å². The van der Waals surface area contributed by atoms with Crippen molar-refractivity contribution < 1.29 is 4.92 Å². The molecular weight excluding hydrogens is 398 g/mol. The number of nitro groups is 1. The van der Waals surface area contributed by atoms with Crippen LogP contribution in [0.2, 0.25) is 0 Å². The normalized spacial score (nSPS) is 18.8. The Morgan fingerprint density at radius 1 is 1.06 bits per heavy atom. The molecule has 2 fully saturated rings. The number of nitrogen functional groups attached to an aromatic ring is 1. The number of nitro benzene ring substituents is 1. The molecule has 2 aromatic rings. The first-order valence-electron chi connectivity index (χ1n) is 10.8. The van der Waals surface area contributed by atoms with Crippen LogP contribution in [0.3, 0.4) is 0 Å². The molecule has 1 aromatic carbocycles. The highest BCUT2D eigenvalue weighted by molar-refractivity contribution is 5.92. The Hall–Kier alpha value is -3.24. The molecule has 2 N–H and O–H groups in total. The summed E-state index contributed by atoms with van der Waals surface area (Å²) in [7, 11) is 0. The van der Waals surface area contributed by atoms with E-state index in [1.165, 1.54) is 0 Å². The molecule has 3 heterocycles. The van der Waals surface area contributed by atoms with Gasteiger partial charge in [-0.3, -0.25) is 10.1 Å². The third-order valence-electron chi connectivity index (χ3n) is 6.35. The predicted molar refractivity (Wildman–Crippen MR) is 120 cm³/mol. The highest BCUT2D eigenvalue weighted by atomic mass is 16.6. The van der Waals surface area contributed by atoms with Gasteiger partial charge in [0.05, 0.1) is 11.1 Å². The Bertz CT molecular complexity index is 958. The monoisotopic (exact) mass is 427 g/mol. The Labute approximate surface area is 181 Å². The summed E-state index contributed by atoms with van der Waals surface area (Å²) in [5.74, 6) is 1.38. The quantitative estimate of drug-likeness (QED) is 0.437. The van der Waals surface area contributed by atoms with Gasteiger partial charge in [-0.15, -0.1) is 0 Å². The van der Waals surface area contributed by atoms with E-state index in [-0.39, 0.29) is 16.6 Å². The van der Waals surface area contributed by atoms with Gasteiger partial charge in [-0.2, -0.15) is 5.10 Å². The molecule has 0 aliphatic carbocycles. The summed E-state index contributed by atoms with van der Waals surface area (Å²) < 4.78 is 0. The first kappa shape index (κ1) is 21.0. The lowest BCUT2D eigenvalue weighted by Gasteiger charge is -2.35. The van der Waals surface area contributed by atoms with E-state index >= 15 is 0 Å². The molecule has 11 nitrogen and oxygen atoms in total. The summed E-state index contributed by atoms with van der Waals surface area (Å²) in [5.41, 5.74) is 8.08. The molecular formula is C20H29N9O2. The Kier molecular flexibility index (Phi) is 6.01. The average molecular weight is 428 g/mol. The van der Waals surface area contributed by atoms with E-state index in [1.54, 1.807) is 12.3 Å². The van der Waals surface area contributed by atoms with Crippen LogP contribution in [0, 0.1) is 22.0 Å². The zero-order valence-corrected chi connectivity index (χ0v) is 18.0. The van der Waals surface area contributed by atoms with E-state index in [9.17, 15) is 10.1 Å². The summed E-state index contributed by atoms with van der Waals surface area (Å²) in [5, 5.41) is 27.0. The van der Waals surface area contributed by atoms with Crippen molar-refractivity contribution in [3.63, 3.8) is 0 Å². The molecule has 2 saturated heterocycles. The number of hydrogen-bond acceptors (Lipinski definition) is 9. The van der Waals surface area contributed by atoms with Gasteiger partial charge in [0.2, 0.25) is 0 Å². The molecule has 1 aromatic heterocycles. The summed E-state index contributed by atoms with van der Waals surface area (Å²) in [6.45, 7) is 7.96. The van der Waals surface area contributed by atoms with Crippen molar-refractivity contribution in [1.29, 1.82) is 0 Å². The molecule has 2 aliphatic heterocycles. The third-order valence-corrected chi connectivity index (χ3v) is 6.35. The van der Waals surface area contributed by atoms with Gasteiger partial charge in [-0.05, 0) is 54.0 Å². The molecule has 0 unspecified atom stereocenters. The number of anilines is 3. The van der Waals surface area contributed by atoms with Crippen LogP contribution >= 0.6 is 0 Å². The van der Waals surface area contributed by atoms with E-state index in [0.717, 1.165) is 62.3 Å². The summed E-state index contributed by atoms with van der Waals surface area (Å²) in [6, 6.07) is 3.58. The summed E-state index contributed by atoms with van der Waals surface area (Å²) in [4.78, 5) is 17.2. The van der Waals surface area contributed by atoms with Gasteiger partial charge in [0.1, 0.15) is 5.69 Å². The summed E-state index contributed by atoms with van der Waals surface area (Å²) >= 11 is 0. The number of tetrazole rings is 1.